The van der Waals surface area contributed by atoms with Crippen molar-refractivity contribution in [2.45, 2.75) is 45.8 Å². The molecule has 1 saturated heterocycles. The van der Waals surface area contributed by atoms with Gasteiger partial charge in [0.15, 0.2) is 5.96 Å². The zero-order valence-electron chi connectivity index (χ0n) is 18.9. The van der Waals surface area contributed by atoms with Gasteiger partial charge in [-0.2, -0.15) is 0 Å². The average molecular weight is 432 g/mol. The van der Waals surface area contributed by atoms with E-state index in [-0.39, 0.29) is 5.91 Å². The summed E-state index contributed by atoms with van der Waals surface area (Å²) in [6.45, 7) is 6.84. The maximum absolute atomic E-state index is 12.0. The highest BCUT2D eigenvalue weighted by Crippen LogP contribution is 2.18. The van der Waals surface area contributed by atoms with Crippen molar-refractivity contribution in [1.82, 2.24) is 20.1 Å². The van der Waals surface area contributed by atoms with Crippen LogP contribution >= 0.6 is 0 Å². The summed E-state index contributed by atoms with van der Waals surface area (Å²) in [5.74, 6) is 1.09. The third kappa shape index (κ3) is 5.49. The van der Waals surface area contributed by atoms with E-state index in [0.717, 1.165) is 45.0 Å². The van der Waals surface area contributed by atoms with Gasteiger partial charge in [0.25, 0.3) is 0 Å². The number of para-hydroxylation sites is 1. The number of benzene rings is 2. The van der Waals surface area contributed by atoms with Crippen LogP contribution in [0.4, 0.5) is 0 Å². The number of carbonyl (C=O) groups is 1. The van der Waals surface area contributed by atoms with Crippen LogP contribution in [0.25, 0.3) is 10.9 Å². The first-order chi connectivity index (χ1) is 15.7. The van der Waals surface area contributed by atoms with E-state index in [1.807, 2.05) is 17.0 Å². The van der Waals surface area contributed by atoms with E-state index in [1.165, 1.54) is 22.0 Å². The summed E-state index contributed by atoms with van der Waals surface area (Å²) < 4.78 is 2.30. The van der Waals surface area contributed by atoms with Gasteiger partial charge in [0.1, 0.15) is 0 Å². The summed E-state index contributed by atoms with van der Waals surface area (Å²) in [7, 11) is 0. The van der Waals surface area contributed by atoms with Crippen molar-refractivity contribution in [2.24, 2.45) is 4.99 Å². The lowest BCUT2D eigenvalue weighted by Gasteiger charge is -2.18. The van der Waals surface area contributed by atoms with Crippen LogP contribution in [0.2, 0.25) is 0 Å². The molecule has 1 fully saturated rings. The molecule has 0 bridgehead atoms. The number of amides is 1. The number of aromatic nitrogens is 1. The molecule has 0 aliphatic carbocycles. The quantitative estimate of drug-likeness (QED) is 0.307. The fourth-order valence-electron chi connectivity index (χ4n) is 4.24. The number of aryl methyl sites for hydroxylation is 1. The first-order valence-corrected chi connectivity index (χ1v) is 11.6. The van der Waals surface area contributed by atoms with Gasteiger partial charge in [0, 0.05) is 50.9 Å². The predicted octanol–water partition coefficient (Wildman–Crippen LogP) is 3.91. The number of hydrogen-bond acceptors (Lipinski definition) is 2. The van der Waals surface area contributed by atoms with Crippen molar-refractivity contribution < 1.29 is 4.79 Å². The lowest BCUT2D eigenvalue weighted by Crippen LogP contribution is -2.38. The second kappa shape index (κ2) is 10.8. The Hall–Kier alpha value is -3.28. The summed E-state index contributed by atoms with van der Waals surface area (Å²) in [5, 5.41) is 8.09. The minimum Gasteiger partial charge on any atom is -0.357 e. The third-order valence-corrected chi connectivity index (χ3v) is 5.95. The number of nitrogens with zero attached hydrogens (tertiary/aromatic N) is 3. The molecule has 0 saturated carbocycles. The van der Waals surface area contributed by atoms with E-state index in [4.69, 9.17) is 4.99 Å². The van der Waals surface area contributed by atoms with Crippen molar-refractivity contribution in [1.29, 1.82) is 0 Å². The Morgan fingerprint density at radius 1 is 1.03 bits per heavy atom. The Morgan fingerprint density at radius 2 is 1.84 bits per heavy atom. The zero-order chi connectivity index (χ0) is 22.2. The molecule has 2 N–H and O–H groups in total. The van der Waals surface area contributed by atoms with Crippen LogP contribution < -0.4 is 10.6 Å². The summed E-state index contributed by atoms with van der Waals surface area (Å²) in [6, 6.07) is 19.0. The lowest BCUT2D eigenvalue weighted by atomic mass is 10.1. The van der Waals surface area contributed by atoms with Crippen LogP contribution in [-0.2, 0) is 24.4 Å². The van der Waals surface area contributed by atoms with Crippen molar-refractivity contribution >= 4 is 22.8 Å². The molecule has 0 radical (unpaired) electrons. The highest BCUT2D eigenvalue weighted by molar-refractivity contribution is 5.80. The van der Waals surface area contributed by atoms with Crippen molar-refractivity contribution in [2.75, 3.05) is 19.6 Å². The second-order valence-electron chi connectivity index (χ2n) is 8.23. The van der Waals surface area contributed by atoms with Gasteiger partial charge in [0.2, 0.25) is 5.91 Å². The SMILES string of the molecule is CCNC(=NCc1ccccc1CN1CCCC1=O)NCCCn1ccc2ccccc21. The summed E-state index contributed by atoms with van der Waals surface area (Å²) in [6.07, 6.45) is 4.81. The summed E-state index contributed by atoms with van der Waals surface area (Å²) >= 11 is 0. The van der Waals surface area contributed by atoms with E-state index in [9.17, 15) is 4.79 Å². The van der Waals surface area contributed by atoms with Gasteiger partial charge >= 0.3 is 0 Å². The number of nitrogens with one attached hydrogen (secondary N) is 2. The largest absolute Gasteiger partial charge is 0.357 e. The minimum atomic E-state index is 0.258. The fourth-order valence-corrected chi connectivity index (χ4v) is 4.24. The van der Waals surface area contributed by atoms with Crippen LogP contribution in [0.5, 0.6) is 0 Å². The van der Waals surface area contributed by atoms with Gasteiger partial charge in [-0.05, 0) is 48.4 Å². The lowest BCUT2D eigenvalue weighted by molar-refractivity contribution is -0.128. The van der Waals surface area contributed by atoms with E-state index < -0.39 is 0 Å². The molecule has 0 unspecified atom stereocenters. The Bertz CT molecular complexity index is 1070. The van der Waals surface area contributed by atoms with Gasteiger partial charge in [-0.3, -0.25) is 4.79 Å². The fraction of sp³-hybridized carbons (Fsp3) is 0.385. The Morgan fingerprint density at radius 3 is 2.66 bits per heavy atom. The Labute approximate surface area is 190 Å². The standard InChI is InChI=1S/C26H33N5O/c1-2-27-26(28-15-8-17-30-18-14-21-9-5-6-12-24(21)30)29-19-22-10-3-4-11-23(22)20-31-16-7-13-25(31)32/h3-6,9-12,14,18H,2,7-8,13,15-17,19-20H2,1H3,(H2,27,28,29). The van der Waals surface area contributed by atoms with Crippen molar-refractivity contribution in [3.63, 3.8) is 0 Å². The second-order valence-corrected chi connectivity index (χ2v) is 8.23. The molecular formula is C26H33N5O. The van der Waals surface area contributed by atoms with Crippen molar-refractivity contribution in [3.8, 4) is 0 Å². The average Bonchev–Trinajstić information content (AvgIpc) is 3.42. The van der Waals surface area contributed by atoms with Crippen LogP contribution in [-0.4, -0.2) is 41.0 Å². The molecule has 2 heterocycles. The van der Waals surface area contributed by atoms with Gasteiger partial charge in [-0.1, -0.05) is 42.5 Å². The van der Waals surface area contributed by atoms with Gasteiger partial charge in [-0.25, -0.2) is 4.99 Å². The molecule has 6 heteroatoms. The first kappa shape index (κ1) is 21.9. The number of fused-ring (bicyclic) bond motifs is 1. The van der Waals surface area contributed by atoms with Gasteiger partial charge in [0.05, 0.1) is 6.54 Å². The molecule has 6 nitrogen and oxygen atoms in total. The predicted molar refractivity (Wildman–Crippen MR) is 130 cm³/mol. The third-order valence-electron chi connectivity index (χ3n) is 5.95. The van der Waals surface area contributed by atoms with Crippen LogP contribution in [0, 0.1) is 0 Å². The molecule has 0 atom stereocenters. The molecule has 1 aliphatic rings. The molecule has 1 aromatic heterocycles. The van der Waals surface area contributed by atoms with Gasteiger partial charge in [-0.15, -0.1) is 0 Å². The van der Waals surface area contributed by atoms with E-state index in [2.05, 4.69) is 70.8 Å². The molecule has 32 heavy (non-hydrogen) atoms. The number of carbonyl (C=O) groups excluding carboxylic acids is 1. The topological polar surface area (TPSA) is 61.7 Å². The molecular weight excluding hydrogens is 398 g/mol. The Kier molecular flexibility index (Phi) is 7.43. The highest BCUT2D eigenvalue weighted by atomic mass is 16.2. The molecule has 0 spiro atoms. The summed E-state index contributed by atoms with van der Waals surface area (Å²) in [4.78, 5) is 18.8. The van der Waals surface area contributed by atoms with E-state index in [0.29, 0.717) is 19.5 Å². The van der Waals surface area contributed by atoms with Crippen LogP contribution in [0.15, 0.2) is 65.8 Å². The first-order valence-electron chi connectivity index (χ1n) is 11.6. The number of aliphatic imine (C=N–C) groups is 1. The highest BCUT2D eigenvalue weighted by Gasteiger charge is 2.20. The molecule has 3 aromatic rings. The van der Waals surface area contributed by atoms with Gasteiger partial charge < -0.3 is 20.1 Å². The summed E-state index contributed by atoms with van der Waals surface area (Å²) in [5.41, 5.74) is 3.63. The maximum atomic E-state index is 12.0. The number of rotatable bonds is 9. The molecule has 168 valence electrons. The number of hydrogen-bond donors (Lipinski definition) is 2. The smallest absolute Gasteiger partial charge is 0.222 e. The molecule has 1 amide bonds. The normalized spacial score (nSPS) is 14.3. The monoisotopic (exact) mass is 431 g/mol. The minimum absolute atomic E-state index is 0.258. The van der Waals surface area contributed by atoms with Crippen molar-refractivity contribution in [3.05, 3.63) is 71.9 Å². The number of likely N-dealkylation sites (tertiary alicyclic amines) is 1. The zero-order valence-corrected chi connectivity index (χ0v) is 18.9. The van der Waals surface area contributed by atoms with Crippen LogP contribution in [0.3, 0.4) is 0 Å². The number of guanidine groups is 1. The van der Waals surface area contributed by atoms with Crippen LogP contribution in [0.1, 0.15) is 37.3 Å². The Balaban J connectivity index is 1.32. The van der Waals surface area contributed by atoms with E-state index >= 15 is 0 Å². The van der Waals surface area contributed by atoms with E-state index in [1.54, 1.807) is 0 Å². The maximum Gasteiger partial charge on any atom is 0.222 e. The molecule has 4 rings (SSSR count). The molecule has 1 aliphatic heterocycles. The molecule has 2 aromatic carbocycles.